The highest BCUT2D eigenvalue weighted by Gasteiger charge is 2.20. The summed E-state index contributed by atoms with van der Waals surface area (Å²) < 4.78 is 7.03. The summed E-state index contributed by atoms with van der Waals surface area (Å²) in [6.45, 7) is 1.21. The molecule has 0 saturated carbocycles. The third-order valence-corrected chi connectivity index (χ3v) is 5.70. The molecule has 0 unspecified atom stereocenters. The number of primary amides is 1. The van der Waals surface area contributed by atoms with Crippen molar-refractivity contribution in [1.82, 2.24) is 19.6 Å². The Morgan fingerprint density at radius 3 is 2.28 bits per heavy atom. The molecule has 0 fully saturated rings. The first-order chi connectivity index (χ1) is 17.6. The molecule has 0 bridgehead atoms. The zero-order chi connectivity index (χ0) is 24.9. The summed E-state index contributed by atoms with van der Waals surface area (Å²) in [6.07, 6.45) is 3.10. The van der Waals surface area contributed by atoms with Crippen molar-refractivity contribution in [3.63, 3.8) is 0 Å². The molecule has 5 rings (SSSR count). The molecule has 0 saturated heterocycles. The van der Waals surface area contributed by atoms with E-state index in [1.165, 1.54) is 6.20 Å². The van der Waals surface area contributed by atoms with Gasteiger partial charge in [0.1, 0.15) is 22.9 Å². The van der Waals surface area contributed by atoms with Crippen LogP contribution in [0.1, 0.15) is 21.5 Å². The van der Waals surface area contributed by atoms with Crippen LogP contribution < -0.4 is 20.7 Å². The number of amides is 1. The van der Waals surface area contributed by atoms with Crippen LogP contribution in [0.15, 0.2) is 91.3 Å². The summed E-state index contributed by atoms with van der Waals surface area (Å²) in [4.78, 5) is 23.3. The molecule has 3 aromatic heterocycles. The number of rotatable bonds is 9. The minimum Gasteiger partial charge on any atom is -0.480 e. The van der Waals surface area contributed by atoms with Gasteiger partial charge < -0.3 is 20.7 Å². The first-order valence-corrected chi connectivity index (χ1v) is 11.4. The van der Waals surface area contributed by atoms with Gasteiger partial charge in [0.2, 0.25) is 5.88 Å². The number of ether oxygens (including phenoxy) is 1. The topological polar surface area (TPSA) is 111 Å². The molecule has 0 aliphatic rings. The molecule has 1 amide bonds. The number of methoxy groups -OCH3 is 1. The van der Waals surface area contributed by atoms with E-state index in [0.29, 0.717) is 36.1 Å². The number of nitrogens with two attached hydrogens (primary N) is 1. The second-order valence-corrected chi connectivity index (χ2v) is 8.17. The van der Waals surface area contributed by atoms with Crippen molar-refractivity contribution < 1.29 is 9.53 Å². The van der Waals surface area contributed by atoms with Crippen molar-refractivity contribution in [1.29, 1.82) is 0 Å². The maximum Gasteiger partial charge on any atom is 0.254 e. The van der Waals surface area contributed by atoms with E-state index in [1.807, 2.05) is 48.5 Å². The van der Waals surface area contributed by atoms with Gasteiger partial charge in [0.05, 0.1) is 13.3 Å². The summed E-state index contributed by atoms with van der Waals surface area (Å²) in [5.41, 5.74) is 9.14. The second kappa shape index (κ2) is 10.1. The van der Waals surface area contributed by atoms with E-state index in [4.69, 9.17) is 10.5 Å². The number of hydrogen-bond acceptors (Lipinski definition) is 7. The van der Waals surface area contributed by atoms with Crippen molar-refractivity contribution in [2.75, 3.05) is 17.3 Å². The predicted molar refractivity (Wildman–Crippen MR) is 138 cm³/mol. The quantitative estimate of drug-likeness (QED) is 0.326. The smallest absolute Gasteiger partial charge is 0.254 e. The summed E-state index contributed by atoms with van der Waals surface area (Å²) in [7, 11) is 1.55. The molecule has 180 valence electrons. The average molecular weight is 480 g/mol. The number of aromatic nitrogens is 4. The van der Waals surface area contributed by atoms with Crippen molar-refractivity contribution in [2.24, 2.45) is 5.73 Å². The van der Waals surface area contributed by atoms with Gasteiger partial charge in [0, 0.05) is 25.4 Å². The number of pyridine rings is 1. The van der Waals surface area contributed by atoms with Crippen LogP contribution in [-0.2, 0) is 13.1 Å². The fraction of sp³-hybridized carbons (Fsp3) is 0.111. The number of nitrogens with one attached hydrogen (secondary N) is 1. The highest BCUT2D eigenvalue weighted by Crippen LogP contribution is 2.29. The Bertz CT molecular complexity index is 1450. The lowest BCUT2D eigenvalue weighted by atomic mass is 10.1. The summed E-state index contributed by atoms with van der Waals surface area (Å²) in [5.74, 6) is 1.07. The number of carbonyl (C=O) groups excluding carboxylic acids is 1. The minimum atomic E-state index is -0.600. The van der Waals surface area contributed by atoms with Crippen LogP contribution >= 0.6 is 0 Å². The van der Waals surface area contributed by atoms with Gasteiger partial charge >= 0.3 is 0 Å². The Morgan fingerprint density at radius 1 is 1.00 bits per heavy atom. The van der Waals surface area contributed by atoms with Crippen LogP contribution in [0.2, 0.25) is 0 Å². The molecule has 0 aliphatic heterocycles. The highest BCUT2D eigenvalue weighted by molar-refractivity contribution is 5.99. The van der Waals surface area contributed by atoms with Gasteiger partial charge in [-0.15, -0.1) is 0 Å². The Balaban J connectivity index is 1.65. The van der Waals surface area contributed by atoms with Crippen LogP contribution in [0.3, 0.4) is 0 Å². The Morgan fingerprint density at radius 2 is 1.67 bits per heavy atom. The maximum absolute atomic E-state index is 12.2. The number of carbonyl (C=O) groups is 1. The normalized spacial score (nSPS) is 10.8. The number of benzene rings is 2. The zero-order valence-corrected chi connectivity index (χ0v) is 19.7. The zero-order valence-electron chi connectivity index (χ0n) is 19.7. The third-order valence-electron chi connectivity index (χ3n) is 5.70. The molecule has 36 heavy (non-hydrogen) atoms. The Hall–Kier alpha value is -4.92. The highest BCUT2D eigenvalue weighted by atomic mass is 16.5. The minimum absolute atomic E-state index is 0.234. The summed E-state index contributed by atoms with van der Waals surface area (Å²) in [5, 5.41) is 7.75. The van der Waals surface area contributed by atoms with Gasteiger partial charge in [0.15, 0.2) is 5.65 Å². The fourth-order valence-corrected chi connectivity index (χ4v) is 4.02. The van der Waals surface area contributed by atoms with Crippen LogP contribution in [-0.4, -0.2) is 32.6 Å². The standard InChI is InChI=1S/C27H25N7O2/c1-36-27-22(13-8-14-29-27)31-23-15-24(34-26(32-23)21(16-30-34)25(28)35)33(17-19-9-4-2-5-10-19)18-20-11-6-3-7-12-20/h2-16H,17-18H2,1H3,(H2,28,35)(H,31,32). The average Bonchev–Trinajstić information content (AvgIpc) is 3.34. The fourth-order valence-electron chi connectivity index (χ4n) is 4.02. The van der Waals surface area contributed by atoms with Crippen LogP contribution in [0.5, 0.6) is 5.88 Å². The third kappa shape index (κ3) is 4.80. The SMILES string of the molecule is COc1ncccc1Nc1cc(N(Cc2ccccc2)Cc2ccccc2)n2ncc(C(N)=O)c2n1. The summed E-state index contributed by atoms with van der Waals surface area (Å²) >= 11 is 0. The number of fused-ring (bicyclic) bond motifs is 1. The first kappa shape index (κ1) is 22.9. The lowest BCUT2D eigenvalue weighted by molar-refractivity contribution is 0.100. The second-order valence-electron chi connectivity index (χ2n) is 8.17. The monoisotopic (exact) mass is 479 g/mol. The molecule has 2 aromatic carbocycles. The van der Waals surface area contributed by atoms with Gasteiger partial charge in [0.25, 0.3) is 5.91 Å². The first-order valence-electron chi connectivity index (χ1n) is 11.4. The van der Waals surface area contributed by atoms with Gasteiger partial charge in [-0.2, -0.15) is 9.61 Å². The van der Waals surface area contributed by atoms with Gasteiger partial charge in [-0.1, -0.05) is 60.7 Å². The van der Waals surface area contributed by atoms with E-state index >= 15 is 0 Å². The van der Waals surface area contributed by atoms with E-state index in [9.17, 15) is 4.79 Å². The van der Waals surface area contributed by atoms with E-state index in [2.05, 4.69) is 49.5 Å². The van der Waals surface area contributed by atoms with Gasteiger partial charge in [-0.05, 0) is 23.3 Å². The lowest BCUT2D eigenvalue weighted by Gasteiger charge is -2.26. The molecule has 0 spiro atoms. The molecular weight excluding hydrogens is 454 g/mol. The number of anilines is 3. The molecule has 3 N–H and O–H groups in total. The largest absolute Gasteiger partial charge is 0.480 e. The van der Waals surface area contributed by atoms with Gasteiger partial charge in [-0.25, -0.2) is 9.97 Å². The van der Waals surface area contributed by atoms with E-state index < -0.39 is 5.91 Å². The van der Waals surface area contributed by atoms with E-state index in [1.54, 1.807) is 23.9 Å². The van der Waals surface area contributed by atoms with Crippen molar-refractivity contribution in [2.45, 2.75) is 13.1 Å². The molecule has 9 nitrogen and oxygen atoms in total. The van der Waals surface area contributed by atoms with Crippen molar-refractivity contribution >= 4 is 28.9 Å². The van der Waals surface area contributed by atoms with Crippen molar-refractivity contribution in [3.8, 4) is 5.88 Å². The predicted octanol–water partition coefficient (Wildman–Crippen LogP) is 4.18. The molecule has 0 radical (unpaired) electrons. The van der Waals surface area contributed by atoms with Gasteiger partial charge in [-0.3, -0.25) is 4.79 Å². The number of nitrogens with zero attached hydrogens (tertiary/aromatic N) is 5. The van der Waals surface area contributed by atoms with Crippen LogP contribution in [0, 0.1) is 0 Å². The molecule has 3 heterocycles. The molecule has 9 heteroatoms. The summed E-state index contributed by atoms with van der Waals surface area (Å²) in [6, 6.07) is 25.9. The Kier molecular flexibility index (Phi) is 6.44. The number of hydrogen-bond donors (Lipinski definition) is 2. The molecule has 0 aliphatic carbocycles. The van der Waals surface area contributed by atoms with E-state index in [0.717, 1.165) is 16.9 Å². The molecule has 5 aromatic rings. The van der Waals surface area contributed by atoms with Crippen molar-refractivity contribution in [3.05, 3.63) is 108 Å². The van der Waals surface area contributed by atoms with E-state index in [-0.39, 0.29) is 5.56 Å². The van der Waals surface area contributed by atoms with Crippen LogP contribution in [0.4, 0.5) is 17.3 Å². The molecular formula is C27H25N7O2. The molecule has 0 atom stereocenters. The lowest BCUT2D eigenvalue weighted by Crippen LogP contribution is -2.25. The van der Waals surface area contributed by atoms with Crippen LogP contribution in [0.25, 0.3) is 5.65 Å². The Labute approximate surface area is 208 Å². The maximum atomic E-state index is 12.2.